The Balaban J connectivity index is 1.40. The highest BCUT2D eigenvalue weighted by atomic mass is 32.2. The lowest BCUT2D eigenvalue weighted by Crippen LogP contribution is -2.49. The second-order valence-electron chi connectivity index (χ2n) is 8.89. The molecular weight excluding hydrogens is 416 g/mol. The Kier molecular flexibility index (Phi) is 6.22. The SMILES string of the molecule is CC(C)CCc1c(O)nc(SCC(=O)N2C[C@H]3C[C@@H](C2)c2cccc(=O)n2C3)[nH]c1=O. The molecule has 2 bridgehead atoms. The summed E-state index contributed by atoms with van der Waals surface area (Å²) in [4.78, 5) is 45.9. The van der Waals surface area contributed by atoms with Gasteiger partial charge >= 0.3 is 0 Å². The van der Waals surface area contributed by atoms with E-state index in [1.54, 1.807) is 12.1 Å². The molecule has 0 saturated carbocycles. The summed E-state index contributed by atoms with van der Waals surface area (Å²) in [7, 11) is 0. The molecule has 4 heterocycles. The van der Waals surface area contributed by atoms with E-state index in [9.17, 15) is 19.5 Å². The minimum absolute atomic E-state index is 0.0224. The zero-order chi connectivity index (χ0) is 22.1. The first-order valence-corrected chi connectivity index (χ1v) is 11.7. The maximum absolute atomic E-state index is 12.8. The summed E-state index contributed by atoms with van der Waals surface area (Å²) in [6.07, 6.45) is 2.24. The molecule has 1 fully saturated rings. The molecule has 0 aliphatic carbocycles. The molecule has 2 atom stereocenters. The number of carbonyl (C=O) groups excluding carboxylic acids is 1. The fourth-order valence-corrected chi connectivity index (χ4v) is 5.27. The lowest BCUT2D eigenvalue weighted by atomic mass is 9.83. The van der Waals surface area contributed by atoms with Gasteiger partial charge in [-0.15, -0.1) is 0 Å². The zero-order valence-electron chi connectivity index (χ0n) is 17.8. The summed E-state index contributed by atoms with van der Waals surface area (Å²) < 4.78 is 1.84. The molecule has 2 N–H and O–H groups in total. The quantitative estimate of drug-likeness (QED) is 0.521. The van der Waals surface area contributed by atoms with Gasteiger partial charge in [0.05, 0.1) is 11.3 Å². The molecule has 8 nitrogen and oxygen atoms in total. The van der Waals surface area contributed by atoms with E-state index in [0.29, 0.717) is 37.5 Å². The molecule has 9 heteroatoms. The number of carbonyl (C=O) groups is 1. The molecule has 0 radical (unpaired) electrons. The van der Waals surface area contributed by atoms with Crippen molar-refractivity contribution in [1.29, 1.82) is 0 Å². The summed E-state index contributed by atoms with van der Waals surface area (Å²) >= 11 is 1.13. The van der Waals surface area contributed by atoms with Gasteiger partial charge < -0.3 is 19.6 Å². The number of thioether (sulfide) groups is 1. The van der Waals surface area contributed by atoms with E-state index in [4.69, 9.17) is 0 Å². The summed E-state index contributed by atoms with van der Waals surface area (Å²) in [5.74, 6) is 0.695. The molecule has 2 aromatic heterocycles. The summed E-state index contributed by atoms with van der Waals surface area (Å²) in [6.45, 7) is 5.96. The van der Waals surface area contributed by atoms with Crippen LogP contribution in [0.25, 0.3) is 0 Å². The van der Waals surface area contributed by atoms with E-state index in [1.807, 2.05) is 15.5 Å². The number of likely N-dealkylation sites (tertiary alicyclic amines) is 1. The Morgan fingerprint density at radius 3 is 2.84 bits per heavy atom. The van der Waals surface area contributed by atoms with Gasteiger partial charge in [-0.2, -0.15) is 4.98 Å². The van der Waals surface area contributed by atoms with Crippen LogP contribution in [0.1, 0.15) is 43.9 Å². The number of piperidine rings is 1. The molecule has 4 rings (SSSR count). The molecule has 31 heavy (non-hydrogen) atoms. The lowest BCUT2D eigenvalue weighted by molar-refractivity contribution is -0.131. The number of amides is 1. The third kappa shape index (κ3) is 4.71. The minimum Gasteiger partial charge on any atom is -0.493 e. The summed E-state index contributed by atoms with van der Waals surface area (Å²) in [5, 5.41) is 10.4. The number of H-pyrrole nitrogens is 1. The third-order valence-corrected chi connectivity index (χ3v) is 6.97. The predicted molar refractivity (Wildman–Crippen MR) is 119 cm³/mol. The van der Waals surface area contributed by atoms with Crippen molar-refractivity contribution in [2.24, 2.45) is 11.8 Å². The number of aromatic nitrogens is 3. The highest BCUT2D eigenvalue weighted by Crippen LogP contribution is 2.35. The molecule has 1 amide bonds. The van der Waals surface area contributed by atoms with Crippen molar-refractivity contribution < 1.29 is 9.90 Å². The fourth-order valence-electron chi connectivity index (χ4n) is 4.51. The first-order valence-electron chi connectivity index (χ1n) is 10.7. The van der Waals surface area contributed by atoms with Crippen LogP contribution in [0.2, 0.25) is 0 Å². The largest absolute Gasteiger partial charge is 0.493 e. The average molecular weight is 445 g/mol. The Morgan fingerprint density at radius 2 is 2.10 bits per heavy atom. The van der Waals surface area contributed by atoms with Crippen LogP contribution in [-0.2, 0) is 17.8 Å². The molecule has 0 unspecified atom stereocenters. The molecule has 2 aliphatic rings. The highest BCUT2D eigenvalue weighted by molar-refractivity contribution is 7.99. The van der Waals surface area contributed by atoms with Crippen molar-refractivity contribution in [3.8, 4) is 5.88 Å². The predicted octanol–water partition coefficient (Wildman–Crippen LogP) is 1.96. The topological polar surface area (TPSA) is 108 Å². The Bertz CT molecular complexity index is 1090. The van der Waals surface area contributed by atoms with Crippen LogP contribution in [0.3, 0.4) is 0 Å². The average Bonchev–Trinajstić information content (AvgIpc) is 2.72. The first-order chi connectivity index (χ1) is 14.8. The number of hydrogen-bond acceptors (Lipinski definition) is 6. The summed E-state index contributed by atoms with van der Waals surface area (Å²) in [5.41, 5.74) is 0.968. The molecule has 0 aromatic carbocycles. The Labute approximate surface area is 184 Å². The number of hydrogen-bond donors (Lipinski definition) is 2. The molecule has 2 aromatic rings. The number of pyridine rings is 1. The van der Waals surface area contributed by atoms with E-state index < -0.39 is 0 Å². The van der Waals surface area contributed by atoms with Gasteiger partial charge in [0.1, 0.15) is 0 Å². The van der Waals surface area contributed by atoms with Gasteiger partial charge in [-0.25, -0.2) is 0 Å². The lowest BCUT2D eigenvalue weighted by Gasteiger charge is -2.42. The van der Waals surface area contributed by atoms with E-state index in [0.717, 1.165) is 30.3 Å². The zero-order valence-corrected chi connectivity index (χ0v) is 18.7. The first kappa shape index (κ1) is 21.7. The maximum atomic E-state index is 12.8. The van der Waals surface area contributed by atoms with Crippen molar-refractivity contribution in [3.05, 3.63) is 50.2 Å². The van der Waals surface area contributed by atoms with E-state index in [-0.39, 0.29) is 45.7 Å². The second-order valence-corrected chi connectivity index (χ2v) is 9.86. The Hall–Kier alpha value is -2.55. The van der Waals surface area contributed by atoms with Crippen molar-refractivity contribution in [3.63, 3.8) is 0 Å². The van der Waals surface area contributed by atoms with Crippen molar-refractivity contribution in [2.45, 2.75) is 50.7 Å². The number of nitrogens with zero attached hydrogens (tertiary/aromatic N) is 3. The van der Waals surface area contributed by atoms with Crippen molar-refractivity contribution >= 4 is 17.7 Å². The Morgan fingerprint density at radius 1 is 1.29 bits per heavy atom. The van der Waals surface area contributed by atoms with Gasteiger partial charge in [0, 0.05) is 37.3 Å². The highest BCUT2D eigenvalue weighted by Gasteiger charge is 2.36. The smallest absolute Gasteiger partial charge is 0.258 e. The number of fused-ring (bicyclic) bond motifs is 4. The van der Waals surface area contributed by atoms with Crippen LogP contribution >= 0.6 is 11.8 Å². The van der Waals surface area contributed by atoms with Gasteiger partial charge in [0.25, 0.3) is 11.1 Å². The van der Waals surface area contributed by atoms with E-state index in [2.05, 4.69) is 23.8 Å². The van der Waals surface area contributed by atoms with Gasteiger partial charge in [-0.05, 0) is 37.2 Å². The number of nitrogens with one attached hydrogen (secondary N) is 1. The molecule has 0 spiro atoms. The minimum atomic E-state index is -0.349. The van der Waals surface area contributed by atoms with Gasteiger partial charge in [0.2, 0.25) is 11.8 Å². The molecule has 2 aliphatic heterocycles. The molecular formula is C22H28N4O4S. The molecule has 166 valence electrons. The van der Waals surface area contributed by atoms with Crippen LogP contribution in [-0.4, -0.2) is 49.3 Å². The van der Waals surface area contributed by atoms with Crippen LogP contribution in [0.15, 0.2) is 32.9 Å². The van der Waals surface area contributed by atoms with Crippen molar-refractivity contribution in [1.82, 2.24) is 19.4 Å². The van der Waals surface area contributed by atoms with Crippen molar-refractivity contribution in [2.75, 3.05) is 18.8 Å². The van der Waals surface area contributed by atoms with E-state index in [1.165, 1.54) is 0 Å². The number of aromatic amines is 1. The van der Waals surface area contributed by atoms with E-state index >= 15 is 0 Å². The molecule has 1 saturated heterocycles. The maximum Gasteiger partial charge on any atom is 0.258 e. The number of aromatic hydroxyl groups is 1. The van der Waals surface area contributed by atoms with Gasteiger partial charge in [0.15, 0.2) is 5.16 Å². The monoisotopic (exact) mass is 444 g/mol. The third-order valence-electron chi connectivity index (χ3n) is 6.11. The van der Waals surface area contributed by atoms with Gasteiger partial charge in [-0.1, -0.05) is 31.7 Å². The summed E-state index contributed by atoms with van der Waals surface area (Å²) in [6, 6.07) is 5.34. The normalized spacial score (nSPS) is 20.0. The van der Waals surface area contributed by atoms with Crippen LogP contribution < -0.4 is 11.1 Å². The van der Waals surface area contributed by atoms with Crippen LogP contribution in [0.4, 0.5) is 0 Å². The van der Waals surface area contributed by atoms with Crippen LogP contribution in [0.5, 0.6) is 5.88 Å². The van der Waals surface area contributed by atoms with Crippen LogP contribution in [0, 0.1) is 11.8 Å². The number of rotatable bonds is 6. The second kappa shape index (κ2) is 8.90. The van der Waals surface area contributed by atoms with Gasteiger partial charge in [-0.3, -0.25) is 14.4 Å². The fraction of sp³-hybridized carbons (Fsp3) is 0.545. The standard InChI is InChI=1S/C22H28N4O4S/c1-13(2)6-7-16-20(29)23-22(24-21(16)30)31-12-19(28)25-9-14-8-15(11-25)17-4-3-5-18(27)26(17)10-14/h3-5,13-15H,6-12H2,1-2H3,(H2,23,24,29,30)/t14-,15+/m1/s1.